The first-order valence-electron chi connectivity index (χ1n) is 8.71. The van der Waals surface area contributed by atoms with E-state index >= 15 is 0 Å². The van der Waals surface area contributed by atoms with Crippen LogP contribution in [0.3, 0.4) is 0 Å². The molecular weight excluding hydrogens is 240 g/mol. The van der Waals surface area contributed by atoms with Crippen LogP contribution in [0, 0.1) is 6.92 Å². The lowest BCUT2D eigenvalue weighted by molar-refractivity contribution is 0.660. The first kappa shape index (κ1) is 17.3. The number of hydrogen-bond acceptors (Lipinski definition) is 0. The highest BCUT2D eigenvalue weighted by Crippen LogP contribution is 2.17. The van der Waals surface area contributed by atoms with Crippen molar-refractivity contribution in [3.05, 3.63) is 41.8 Å². The number of unbranched alkanes of at least 4 members (excludes halogenated alkanes) is 6. The number of benzene rings is 1. The van der Waals surface area contributed by atoms with E-state index in [9.17, 15) is 0 Å². The minimum Gasteiger partial charge on any atom is -0.0654 e. The third kappa shape index (κ3) is 7.12. The van der Waals surface area contributed by atoms with E-state index in [0.29, 0.717) is 0 Å². The zero-order valence-corrected chi connectivity index (χ0v) is 13.7. The van der Waals surface area contributed by atoms with Gasteiger partial charge in [-0.05, 0) is 55.7 Å². The van der Waals surface area contributed by atoms with E-state index < -0.39 is 0 Å². The van der Waals surface area contributed by atoms with Gasteiger partial charge in [0.05, 0.1) is 0 Å². The van der Waals surface area contributed by atoms with Gasteiger partial charge in [-0.25, -0.2) is 0 Å². The highest BCUT2D eigenvalue weighted by Gasteiger charge is 2.01. The molecule has 1 aromatic rings. The summed E-state index contributed by atoms with van der Waals surface area (Å²) in [6.07, 6.45) is 14.2. The van der Waals surface area contributed by atoms with Crippen LogP contribution in [-0.4, -0.2) is 0 Å². The molecule has 0 heterocycles. The Labute approximate surface area is 127 Å². The number of aryl methyl sites for hydroxylation is 2. The number of hydrogen-bond donors (Lipinski definition) is 0. The molecule has 0 aromatic heterocycles. The summed E-state index contributed by atoms with van der Waals surface area (Å²) in [5.74, 6) is 0. The summed E-state index contributed by atoms with van der Waals surface area (Å²) in [6.45, 7) is 8.61. The topological polar surface area (TPSA) is 0 Å². The second kappa shape index (κ2) is 10.9. The first-order chi connectivity index (χ1) is 9.80. The fourth-order valence-corrected chi connectivity index (χ4v) is 2.78. The van der Waals surface area contributed by atoms with Crippen LogP contribution in [0.15, 0.2) is 18.2 Å². The molecule has 113 valence electrons. The summed E-state index contributed by atoms with van der Waals surface area (Å²) in [7, 11) is 0. The fourth-order valence-electron chi connectivity index (χ4n) is 2.78. The molecule has 0 saturated carbocycles. The molecule has 0 aliphatic heterocycles. The van der Waals surface area contributed by atoms with Crippen molar-refractivity contribution >= 4 is 0 Å². The standard InChI is InChI=1S/C20H33/c1-4-7-9-11-13-19-15-18(6-3)16-20(17-19)14-12-10-8-5-2/h15-17H,3-14H2,1-2H3. The van der Waals surface area contributed by atoms with Gasteiger partial charge in [0.2, 0.25) is 0 Å². The third-order valence-corrected chi connectivity index (χ3v) is 4.04. The molecule has 0 fully saturated rings. The predicted octanol–water partition coefficient (Wildman–Crippen LogP) is 6.31. The Balaban J connectivity index is 2.51. The molecule has 0 aliphatic rings. The molecular formula is C20H33. The molecule has 0 nitrogen and oxygen atoms in total. The third-order valence-electron chi connectivity index (χ3n) is 4.04. The summed E-state index contributed by atoms with van der Waals surface area (Å²) in [5.41, 5.74) is 4.49. The molecule has 1 aromatic carbocycles. The predicted molar refractivity (Wildman–Crippen MR) is 91.2 cm³/mol. The highest BCUT2D eigenvalue weighted by atomic mass is 14.1. The van der Waals surface area contributed by atoms with Crippen LogP contribution in [0.4, 0.5) is 0 Å². The molecule has 20 heavy (non-hydrogen) atoms. The van der Waals surface area contributed by atoms with Gasteiger partial charge >= 0.3 is 0 Å². The Morgan fingerprint density at radius 2 is 1.10 bits per heavy atom. The van der Waals surface area contributed by atoms with Gasteiger partial charge in [0.15, 0.2) is 0 Å². The minimum absolute atomic E-state index is 0.921. The molecule has 0 atom stereocenters. The van der Waals surface area contributed by atoms with Gasteiger partial charge < -0.3 is 0 Å². The lowest BCUT2D eigenvalue weighted by atomic mass is 9.97. The van der Waals surface area contributed by atoms with Crippen LogP contribution < -0.4 is 0 Å². The molecule has 0 heteroatoms. The van der Waals surface area contributed by atoms with E-state index in [2.05, 4.69) is 39.0 Å². The van der Waals surface area contributed by atoms with Crippen LogP contribution in [-0.2, 0) is 19.3 Å². The molecule has 0 bridgehead atoms. The van der Waals surface area contributed by atoms with Crippen LogP contribution in [0.25, 0.3) is 0 Å². The molecule has 1 radical (unpaired) electrons. The normalized spacial score (nSPS) is 10.9. The monoisotopic (exact) mass is 273 g/mol. The lowest BCUT2D eigenvalue weighted by Gasteiger charge is -2.09. The summed E-state index contributed by atoms with van der Waals surface area (Å²) < 4.78 is 0. The molecule has 0 spiro atoms. The van der Waals surface area contributed by atoms with Crippen LogP contribution in [0.1, 0.15) is 81.9 Å². The van der Waals surface area contributed by atoms with Gasteiger partial charge in [0.25, 0.3) is 0 Å². The van der Waals surface area contributed by atoms with E-state index in [1.165, 1.54) is 80.9 Å². The van der Waals surface area contributed by atoms with Crippen LogP contribution in [0.2, 0.25) is 0 Å². The quantitative estimate of drug-likeness (QED) is 0.414. The zero-order chi connectivity index (χ0) is 14.6. The fraction of sp³-hybridized carbons (Fsp3) is 0.650. The van der Waals surface area contributed by atoms with Crippen molar-refractivity contribution in [3.8, 4) is 0 Å². The van der Waals surface area contributed by atoms with Crippen LogP contribution >= 0.6 is 0 Å². The van der Waals surface area contributed by atoms with Gasteiger partial charge in [0.1, 0.15) is 0 Å². The summed E-state index contributed by atoms with van der Waals surface area (Å²) in [4.78, 5) is 0. The maximum Gasteiger partial charge on any atom is -0.0279 e. The average Bonchev–Trinajstić information content (AvgIpc) is 2.48. The van der Waals surface area contributed by atoms with Crippen molar-refractivity contribution in [2.45, 2.75) is 84.5 Å². The summed E-state index contributed by atoms with van der Waals surface area (Å²) in [5, 5.41) is 0. The Morgan fingerprint density at radius 3 is 1.50 bits per heavy atom. The van der Waals surface area contributed by atoms with E-state index in [1.807, 2.05) is 0 Å². The van der Waals surface area contributed by atoms with Crippen molar-refractivity contribution in [1.82, 2.24) is 0 Å². The molecule has 1 rings (SSSR count). The Morgan fingerprint density at radius 1 is 0.650 bits per heavy atom. The largest absolute Gasteiger partial charge is 0.0654 e. The molecule has 0 N–H and O–H groups in total. The van der Waals surface area contributed by atoms with E-state index in [0.717, 1.165) is 6.42 Å². The van der Waals surface area contributed by atoms with Crippen molar-refractivity contribution in [3.63, 3.8) is 0 Å². The van der Waals surface area contributed by atoms with Gasteiger partial charge in [-0.3, -0.25) is 0 Å². The Bertz CT molecular complexity index is 321. The maximum atomic E-state index is 4.06. The maximum absolute atomic E-state index is 4.06. The van der Waals surface area contributed by atoms with Gasteiger partial charge in [-0.15, -0.1) is 0 Å². The molecule has 0 amide bonds. The molecule has 0 saturated heterocycles. The van der Waals surface area contributed by atoms with Crippen LogP contribution in [0.5, 0.6) is 0 Å². The first-order valence-corrected chi connectivity index (χ1v) is 8.71. The number of rotatable bonds is 11. The lowest BCUT2D eigenvalue weighted by Crippen LogP contribution is -1.94. The van der Waals surface area contributed by atoms with Crippen molar-refractivity contribution < 1.29 is 0 Å². The van der Waals surface area contributed by atoms with E-state index in [4.69, 9.17) is 0 Å². The van der Waals surface area contributed by atoms with Gasteiger partial charge in [-0.1, -0.05) is 70.6 Å². The van der Waals surface area contributed by atoms with Crippen molar-refractivity contribution in [2.24, 2.45) is 0 Å². The minimum atomic E-state index is 0.921. The van der Waals surface area contributed by atoms with Gasteiger partial charge in [0, 0.05) is 0 Å². The molecule has 0 aliphatic carbocycles. The Kier molecular flexibility index (Phi) is 9.45. The van der Waals surface area contributed by atoms with Crippen molar-refractivity contribution in [2.75, 3.05) is 0 Å². The highest BCUT2D eigenvalue weighted by molar-refractivity contribution is 5.31. The zero-order valence-electron chi connectivity index (χ0n) is 13.7. The van der Waals surface area contributed by atoms with E-state index in [1.54, 1.807) is 0 Å². The van der Waals surface area contributed by atoms with E-state index in [-0.39, 0.29) is 0 Å². The smallest absolute Gasteiger partial charge is 0.0279 e. The Hall–Kier alpha value is -0.780. The molecule has 0 unspecified atom stereocenters. The van der Waals surface area contributed by atoms with Crippen molar-refractivity contribution in [1.29, 1.82) is 0 Å². The second-order valence-electron chi connectivity index (χ2n) is 6.03. The summed E-state index contributed by atoms with van der Waals surface area (Å²) in [6, 6.07) is 7.18. The summed E-state index contributed by atoms with van der Waals surface area (Å²) >= 11 is 0. The SMILES string of the molecule is [CH2]Cc1cc(CCCCCC)cc(CCCCCC)c1. The van der Waals surface area contributed by atoms with Gasteiger partial charge in [-0.2, -0.15) is 0 Å². The average molecular weight is 273 g/mol. The second-order valence-corrected chi connectivity index (χ2v) is 6.03.